The first kappa shape index (κ1) is 23.9. The van der Waals surface area contributed by atoms with Crippen molar-refractivity contribution in [2.75, 3.05) is 0 Å². The summed E-state index contributed by atoms with van der Waals surface area (Å²) < 4.78 is 31.7. The number of unbranched alkanes of at least 4 members (excludes halogenated alkanes) is 8. The van der Waals surface area contributed by atoms with Gasteiger partial charge in [-0.1, -0.05) is 84.5 Å². The zero-order chi connectivity index (χ0) is 18.3. The highest BCUT2D eigenvalue weighted by Crippen LogP contribution is 2.17. The Hall–Kier alpha value is -0.130. The van der Waals surface area contributed by atoms with Crippen LogP contribution in [0.4, 0.5) is 0 Å². The second-order valence-electron chi connectivity index (χ2n) is 7.13. The standard InChI is InChI=1S/C19H40O4S/c1-3-5-6-7-8-9-11-15-18(20)16-12-10-13-17-19(14-4-2)24(21,22)23/h18-20H,3-17H2,1-2H3,(H,21,22,23). The fourth-order valence-electron chi connectivity index (χ4n) is 3.17. The molecule has 2 N–H and O–H groups in total. The van der Waals surface area contributed by atoms with E-state index in [4.69, 9.17) is 0 Å². The van der Waals surface area contributed by atoms with E-state index < -0.39 is 15.4 Å². The molecule has 0 aromatic heterocycles. The lowest BCUT2D eigenvalue weighted by atomic mass is 10.0. The molecule has 146 valence electrons. The molecule has 0 aliphatic carbocycles. The Kier molecular flexibility index (Phi) is 15.1. The molecule has 5 heteroatoms. The van der Waals surface area contributed by atoms with Gasteiger partial charge in [-0.2, -0.15) is 8.42 Å². The van der Waals surface area contributed by atoms with Crippen LogP contribution in [0.2, 0.25) is 0 Å². The molecule has 0 amide bonds. The van der Waals surface area contributed by atoms with Crippen molar-refractivity contribution in [2.45, 2.75) is 122 Å². The van der Waals surface area contributed by atoms with Crippen molar-refractivity contribution in [3.05, 3.63) is 0 Å². The smallest absolute Gasteiger partial charge is 0.267 e. The van der Waals surface area contributed by atoms with Crippen LogP contribution in [-0.2, 0) is 10.1 Å². The van der Waals surface area contributed by atoms with Gasteiger partial charge in [-0.25, -0.2) is 0 Å². The Balaban J connectivity index is 3.56. The van der Waals surface area contributed by atoms with Crippen LogP contribution in [0, 0.1) is 0 Å². The quantitative estimate of drug-likeness (QED) is 0.264. The summed E-state index contributed by atoms with van der Waals surface area (Å²) in [5, 5.41) is 9.37. The molecule has 2 atom stereocenters. The van der Waals surface area contributed by atoms with Crippen molar-refractivity contribution in [2.24, 2.45) is 0 Å². The van der Waals surface area contributed by atoms with Gasteiger partial charge in [-0.3, -0.25) is 4.55 Å². The Bertz CT molecular complexity index is 368. The van der Waals surface area contributed by atoms with Gasteiger partial charge in [-0.15, -0.1) is 0 Å². The van der Waals surface area contributed by atoms with E-state index in [1.807, 2.05) is 6.92 Å². The van der Waals surface area contributed by atoms with Crippen LogP contribution >= 0.6 is 0 Å². The fraction of sp³-hybridized carbons (Fsp3) is 1.00. The zero-order valence-electron chi connectivity index (χ0n) is 15.9. The highest BCUT2D eigenvalue weighted by atomic mass is 32.2. The van der Waals surface area contributed by atoms with Gasteiger partial charge in [-0.05, 0) is 25.7 Å². The predicted molar refractivity (Wildman–Crippen MR) is 102 cm³/mol. The summed E-state index contributed by atoms with van der Waals surface area (Å²) in [7, 11) is -3.90. The van der Waals surface area contributed by atoms with Crippen LogP contribution in [0.5, 0.6) is 0 Å². The minimum atomic E-state index is -3.90. The molecule has 2 unspecified atom stereocenters. The Morgan fingerprint density at radius 1 is 0.667 bits per heavy atom. The predicted octanol–water partition coefficient (Wildman–Crippen LogP) is 5.50. The third kappa shape index (κ3) is 14.2. The molecule has 0 fully saturated rings. The van der Waals surface area contributed by atoms with E-state index in [1.54, 1.807) is 0 Å². The number of rotatable bonds is 17. The molecule has 0 saturated carbocycles. The van der Waals surface area contributed by atoms with Crippen LogP contribution in [0.15, 0.2) is 0 Å². The van der Waals surface area contributed by atoms with Crippen molar-refractivity contribution >= 4 is 10.1 Å². The number of aliphatic hydroxyl groups excluding tert-OH is 1. The summed E-state index contributed by atoms with van der Waals surface area (Å²) >= 11 is 0. The molecule has 0 rings (SSSR count). The number of hydrogen-bond donors (Lipinski definition) is 2. The Morgan fingerprint density at radius 3 is 1.62 bits per heavy atom. The maximum atomic E-state index is 11.2. The Morgan fingerprint density at radius 2 is 1.12 bits per heavy atom. The lowest BCUT2D eigenvalue weighted by molar-refractivity contribution is 0.147. The number of aliphatic hydroxyl groups is 1. The number of hydrogen-bond acceptors (Lipinski definition) is 3. The van der Waals surface area contributed by atoms with E-state index in [1.165, 1.54) is 38.5 Å². The van der Waals surface area contributed by atoms with Crippen molar-refractivity contribution in [1.82, 2.24) is 0 Å². The second kappa shape index (κ2) is 15.2. The first-order valence-corrected chi connectivity index (χ1v) is 11.6. The molecule has 0 aliphatic rings. The lowest BCUT2D eigenvalue weighted by Crippen LogP contribution is -2.20. The molecule has 0 aromatic carbocycles. The second-order valence-corrected chi connectivity index (χ2v) is 8.82. The molecule has 0 radical (unpaired) electrons. The van der Waals surface area contributed by atoms with Gasteiger partial charge < -0.3 is 5.11 Å². The zero-order valence-corrected chi connectivity index (χ0v) is 16.7. The highest BCUT2D eigenvalue weighted by molar-refractivity contribution is 7.86. The normalized spacial score (nSPS) is 14.7. The lowest BCUT2D eigenvalue weighted by Gasteiger charge is -2.13. The van der Waals surface area contributed by atoms with Crippen LogP contribution in [0.3, 0.4) is 0 Å². The summed E-state index contributed by atoms with van der Waals surface area (Å²) in [6.07, 6.45) is 14.8. The van der Waals surface area contributed by atoms with Crippen molar-refractivity contribution < 1.29 is 18.1 Å². The average Bonchev–Trinajstić information content (AvgIpc) is 2.51. The molecule has 0 aromatic rings. The van der Waals surface area contributed by atoms with E-state index in [2.05, 4.69) is 6.92 Å². The molecular weight excluding hydrogens is 324 g/mol. The topological polar surface area (TPSA) is 74.6 Å². The molecule has 0 bridgehead atoms. The van der Waals surface area contributed by atoms with Crippen LogP contribution in [0.1, 0.15) is 110 Å². The van der Waals surface area contributed by atoms with Crippen molar-refractivity contribution in [3.8, 4) is 0 Å². The highest BCUT2D eigenvalue weighted by Gasteiger charge is 2.21. The Labute approximate surface area is 150 Å². The molecule has 0 aliphatic heterocycles. The van der Waals surface area contributed by atoms with E-state index in [-0.39, 0.29) is 6.10 Å². The largest absolute Gasteiger partial charge is 0.393 e. The third-order valence-corrected chi connectivity index (χ3v) is 6.05. The minimum absolute atomic E-state index is 0.214. The SMILES string of the molecule is CCCCCCCCCC(O)CCCCCC(CCC)S(=O)(=O)O. The van der Waals surface area contributed by atoms with Crippen LogP contribution in [-0.4, -0.2) is 29.4 Å². The molecule has 0 spiro atoms. The van der Waals surface area contributed by atoms with Gasteiger partial charge in [0.15, 0.2) is 0 Å². The van der Waals surface area contributed by atoms with Crippen LogP contribution < -0.4 is 0 Å². The van der Waals surface area contributed by atoms with E-state index >= 15 is 0 Å². The summed E-state index contributed by atoms with van der Waals surface area (Å²) in [6, 6.07) is 0. The van der Waals surface area contributed by atoms with Gasteiger partial charge in [0.2, 0.25) is 0 Å². The van der Waals surface area contributed by atoms with Crippen molar-refractivity contribution in [3.63, 3.8) is 0 Å². The molecule has 24 heavy (non-hydrogen) atoms. The van der Waals surface area contributed by atoms with E-state index in [0.29, 0.717) is 12.8 Å². The van der Waals surface area contributed by atoms with Gasteiger partial charge in [0.05, 0.1) is 11.4 Å². The van der Waals surface area contributed by atoms with Gasteiger partial charge >= 0.3 is 0 Å². The van der Waals surface area contributed by atoms with Gasteiger partial charge in [0.25, 0.3) is 10.1 Å². The van der Waals surface area contributed by atoms with Gasteiger partial charge in [0.1, 0.15) is 0 Å². The maximum absolute atomic E-state index is 11.2. The van der Waals surface area contributed by atoms with E-state index in [0.717, 1.165) is 44.9 Å². The summed E-state index contributed by atoms with van der Waals surface area (Å²) in [5.74, 6) is 0. The molecular formula is C19H40O4S. The molecule has 0 saturated heterocycles. The summed E-state index contributed by atoms with van der Waals surface area (Å²) in [6.45, 7) is 4.15. The van der Waals surface area contributed by atoms with Crippen molar-refractivity contribution in [1.29, 1.82) is 0 Å². The van der Waals surface area contributed by atoms with Gasteiger partial charge in [0, 0.05) is 0 Å². The molecule has 0 heterocycles. The first-order valence-electron chi connectivity index (χ1n) is 10.1. The fourth-order valence-corrected chi connectivity index (χ4v) is 4.17. The first-order chi connectivity index (χ1) is 11.4. The van der Waals surface area contributed by atoms with Crippen LogP contribution in [0.25, 0.3) is 0 Å². The minimum Gasteiger partial charge on any atom is -0.393 e. The molecule has 4 nitrogen and oxygen atoms in total. The van der Waals surface area contributed by atoms with E-state index in [9.17, 15) is 18.1 Å². The average molecular weight is 365 g/mol. The monoisotopic (exact) mass is 364 g/mol. The summed E-state index contributed by atoms with van der Waals surface area (Å²) in [5.41, 5.74) is 0. The third-order valence-electron chi connectivity index (χ3n) is 4.74. The maximum Gasteiger partial charge on any atom is 0.267 e. The summed E-state index contributed by atoms with van der Waals surface area (Å²) in [4.78, 5) is 0.